The van der Waals surface area contributed by atoms with E-state index in [-0.39, 0.29) is 0 Å². The van der Waals surface area contributed by atoms with Crippen molar-refractivity contribution in [3.8, 4) is 11.1 Å². The van der Waals surface area contributed by atoms with E-state index < -0.39 is 0 Å². The Morgan fingerprint density at radius 2 is 2.00 bits per heavy atom. The Hall–Kier alpha value is -1.31. The van der Waals surface area contributed by atoms with Gasteiger partial charge >= 0.3 is 0 Å². The molecule has 0 aromatic heterocycles. The predicted molar refractivity (Wildman–Crippen MR) is 81.5 cm³/mol. The number of hydrogen-bond acceptors (Lipinski definition) is 1. The van der Waals surface area contributed by atoms with Crippen molar-refractivity contribution in [1.82, 2.24) is 5.32 Å². The molecule has 1 aliphatic carbocycles. The van der Waals surface area contributed by atoms with E-state index in [2.05, 4.69) is 48.6 Å². The van der Waals surface area contributed by atoms with Gasteiger partial charge in [-0.3, -0.25) is 0 Å². The first-order valence-corrected chi connectivity index (χ1v) is 7.19. The van der Waals surface area contributed by atoms with Crippen molar-refractivity contribution in [2.75, 3.05) is 0 Å². The van der Waals surface area contributed by atoms with Crippen molar-refractivity contribution in [1.29, 1.82) is 0 Å². The van der Waals surface area contributed by atoms with Gasteiger partial charge in [-0.05, 0) is 48.6 Å². The molecule has 0 saturated heterocycles. The molecule has 0 heterocycles. The molecule has 19 heavy (non-hydrogen) atoms. The van der Waals surface area contributed by atoms with E-state index in [1.165, 1.54) is 35.1 Å². The van der Waals surface area contributed by atoms with Crippen LogP contribution in [-0.2, 0) is 6.54 Å². The van der Waals surface area contributed by atoms with Gasteiger partial charge in [0.15, 0.2) is 0 Å². The highest BCUT2D eigenvalue weighted by molar-refractivity contribution is 6.30. The lowest BCUT2D eigenvalue weighted by atomic mass is 9.98. The molecule has 2 aromatic carbocycles. The molecule has 0 unspecified atom stereocenters. The van der Waals surface area contributed by atoms with Crippen LogP contribution < -0.4 is 5.32 Å². The van der Waals surface area contributed by atoms with Crippen molar-refractivity contribution < 1.29 is 0 Å². The van der Waals surface area contributed by atoms with Crippen LogP contribution in [0.25, 0.3) is 11.1 Å². The SMILES string of the molecule is Cc1cccc(-c2ccc(Cl)cc2CNC2CC2)c1. The van der Waals surface area contributed by atoms with Crippen molar-refractivity contribution in [2.24, 2.45) is 0 Å². The average molecular weight is 272 g/mol. The molecule has 1 N–H and O–H groups in total. The van der Waals surface area contributed by atoms with Gasteiger partial charge in [0.2, 0.25) is 0 Å². The zero-order chi connectivity index (χ0) is 13.2. The Kier molecular flexibility index (Phi) is 3.58. The van der Waals surface area contributed by atoms with Crippen LogP contribution in [0, 0.1) is 6.92 Å². The van der Waals surface area contributed by atoms with E-state index in [0.29, 0.717) is 6.04 Å². The lowest BCUT2D eigenvalue weighted by Gasteiger charge is -2.12. The maximum atomic E-state index is 6.14. The third-order valence-electron chi connectivity index (χ3n) is 3.55. The summed E-state index contributed by atoms with van der Waals surface area (Å²) in [5.41, 5.74) is 5.11. The predicted octanol–water partition coefficient (Wildman–Crippen LogP) is 4.57. The molecule has 0 bridgehead atoms. The molecule has 0 amide bonds. The van der Waals surface area contributed by atoms with Crippen LogP contribution in [0.2, 0.25) is 5.02 Å². The molecular weight excluding hydrogens is 254 g/mol. The molecule has 1 aliphatic rings. The monoisotopic (exact) mass is 271 g/mol. The molecule has 98 valence electrons. The maximum Gasteiger partial charge on any atom is 0.0409 e. The Labute approximate surface area is 119 Å². The first-order valence-electron chi connectivity index (χ1n) is 6.81. The van der Waals surface area contributed by atoms with Gasteiger partial charge in [-0.25, -0.2) is 0 Å². The highest BCUT2D eigenvalue weighted by atomic mass is 35.5. The molecular formula is C17H18ClN. The number of rotatable bonds is 4. The van der Waals surface area contributed by atoms with E-state index in [1.54, 1.807) is 0 Å². The maximum absolute atomic E-state index is 6.14. The lowest BCUT2D eigenvalue weighted by Crippen LogP contribution is -2.15. The van der Waals surface area contributed by atoms with Crippen molar-refractivity contribution in [2.45, 2.75) is 32.4 Å². The molecule has 0 spiro atoms. The fraction of sp³-hybridized carbons (Fsp3) is 0.294. The molecule has 1 saturated carbocycles. The molecule has 0 aliphatic heterocycles. The summed E-state index contributed by atoms with van der Waals surface area (Å²) in [6.07, 6.45) is 2.61. The summed E-state index contributed by atoms with van der Waals surface area (Å²) in [5, 5.41) is 4.38. The van der Waals surface area contributed by atoms with Crippen LogP contribution in [0.3, 0.4) is 0 Å². The topological polar surface area (TPSA) is 12.0 Å². The summed E-state index contributed by atoms with van der Waals surface area (Å²) < 4.78 is 0. The van der Waals surface area contributed by atoms with Crippen LogP contribution in [-0.4, -0.2) is 6.04 Å². The normalized spacial score (nSPS) is 14.6. The zero-order valence-electron chi connectivity index (χ0n) is 11.1. The molecule has 0 radical (unpaired) electrons. The zero-order valence-corrected chi connectivity index (χ0v) is 11.9. The summed E-state index contributed by atoms with van der Waals surface area (Å²) in [4.78, 5) is 0. The van der Waals surface area contributed by atoms with E-state index in [0.717, 1.165) is 11.6 Å². The van der Waals surface area contributed by atoms with Gasteiger partial charge in [-0.2, -0.15) is 0 Å². The number of benzene rings is 2. The quantitative estimate of drug-likeness (QED) is 0.859. The van der Waals surface area contributed by atoms with Gasteiger partial charge in [0.1, 0.15) is 0 Å². The van der Waals surface area contributed by atoms with Gasteiger partial charge in [-0.1, -0.05) is 47.5 Å². The molecule has 3 rings (SSSR count). The van der Waals surface area contributed by atoms with Crippen molar-refractivity contribution >= 4 is 11.6 Å². The Morgan fingerprint density at radius 1 is 1.16 bits per heavy atom. The van der Waals surface area contributed by atoms with Gasteiger partial charge in [0, 0.05) is 17.6 Å². The third-order valence-corrected chi connectivity index (χ3v) is 3.79. The standard InChI is InChI=1S/C17H18ClN/c1-12-3-2-4-13(9-12)17-8-5-15(18)10-14(17)11-19-16-6-7-16/h2-5,8-10,16,19H,6-7,11H2,1H3. The van der Waals surface area contributed by atoms with Crippen LogP contribution in [0.15, 0.2) is 42.5 Å². The molecule has 0 atom stereocenters. The smallest absolute Gasteiger partial charge is 0.0409 e. The minimum atomic E-state index is 0.712. The summed E-state index contributed by atoms with van der Waals surface area (Å²) in [7, 11) is 0. The highest BCUT2D eigenvalue weighted by Gasteiger charge is 2.20. The summed E-state index contributed by atoms with van der Waals surface area (Å²) >= 11 is 6.14. The molecule has 1 fully saturated rings. The molecule has 2 heteroatoms. The van der Waals surface area contributed by atoms with Crippen LogP contribution in [0.4, 0.5) is 0 Å². The first-order chi connectivity index (χ1) is 9.22. The summed E-state index contributed by atoms with van der Waals surface area (Å²) in [6, 6.07) is 15.5. The van der Waals surface area contributed by atoms with Gasteiger partial charge < -0.3 is 5.32 Å². The minimum absolute atomic E-state index is 0.712. The van der Waals surface area contributed by atoms with Gasteiger partial charge in [0.25, 0.3) is 0 Å². The minimum Gasteiger partial charge on any atom is -0.310 e. The lowest BCUT2D eigenvalue weighted by molar-refractivity contribution is 0.689. The van der Waals surface area contributed by atoms with Crippen LogP contribution in [0.1, 0.15) is 24.0 Å². The van der Waals surface area contributed by atoms with Crippen LogP contribution in [0.5, 0.6) is 0 Å². The van der Waals surface area contributed by atoms with Gasteiger partial charge in [-0.15, -0.1) is 0 Å². The number of nitrogens with one attached hydrogen (secondary N) is 1. The van der Waals surface area contributed by atoms with E-state index >= 15 is 0 Å². The van der Waals surface area contributed by atoms with E-state index in [9.17, 15) is 0 Å². The van der Waals surface area contributed by atoms with Crippen molar-refractivity contribution in [3.63, 3.8) is 0 Å². The van der Waals surface area contributed by atoms with Crippen molar-refractivity contribution in [3.05, 3.63) is 58.6 Å². The number of hydrogen-bond donors (Lipinski definition) is 1. The van der Waals surface area contributed by atoms with E-state index in [4.69, 9.17) is 11.6 Å². The fourth-order valence-corrected chi connectivity index (χ4v) is 2.54. The second-order valence-electron chi connectivity index (χ2n) is 5.33. The number of aryl methyl sites for hydroxylation is 1. The van der Waals surface area contributed by atoms with Crippen LogP contribution >= 0.6 is 11.6 Å². The number of halogens is 1. The average Bonchev–Trinajstić information content (AvgIpc) is 3.20. The first kappa shape index (κ1) is 12.7. The second kappa shape index (κ2) is 5.36. The fourth-order valence-electron chi connectivity index (χ4n) is 2.34. The molecule has 2 aromatic rings. The Balaban J connectivity index is 1.94. The summed E-state index contributed by atoms with van der Waals surface area (Å²) in [5.74, 6) is 0. The van der Waals surface area contributed by atoms with E-state index in [1.807, 2.05) is 6.07 Å². The van der Waals surface area contributed by atoms with Gasteiger partial charge in [0.05, 0.1) is 0 Å². The highest BCUT2D eigenvalue weighted by Crippen LogP contribution is 2.28. The largest absolute Gasteiger partial charge is 0.310 e. The molecule has 1 nitrogen and oxygen atoms in total. The Bertz CT molecular complexity index is 588. The Morgan fingerprint density at radius 3 is 2.74 bits per heavy atom. The third kappa shape index (κ3) is 3.17. The summed E-state index contributed by atoms with van der Waals surface area (Å²) in [6.45, 7) is 3.02. The second-order valence-corrected chi connectivity index (χ2v) is 5.76.